The molecule has 0 saturated heterocycles. The van der Waals surface area contributed by atoms with Crippen LogP contribution >= 0.6 is 0 Å². The normalized spacial score (nSPS) is 12.5. The first kappa shape index (κ1) is 31.6. The third kappa shape index (κ3) is 7.34. The van der Waals surface area contributed by atoms with Gasteiger partial charge in [-0.2, -0.15) is 0 Å². The fourth-order valence-corrected chi connectivity index (χ4v) is 6.67. The van der Waals surface area contributed by atoms with Gasteiger partial charge in [-0.05, 0) is 71.9 Å². The van der Waals surface area contributed by atoms with E-state index in [9.17, 15) is 0 Å². The summed E-state index contributed by atoms with van der Waals surface area (Å²) >= 11 is 0. The zero-order valence-electron chi connectivity index (χ0n) is 34.1. The molecule has 0 aliphatic rings. The van der Waals surface area contributed by atoms with Crippen LogP contribution in [0.25, 0.3) is 72.6 Å². The Kier molecular flexibility index (Phi) is 9.38. The number of rotatable bonds is 6. The number of benzene rings is 6. The van der Waals surface area contributed by atoms with Gasteiger partial charge in [0.1, 0.15) is 0 Å². The van der Waals surface area contributed by atoms with Crippen molar-refractivity contribution < 1.29 is 30.0 Å². The van der Waals surface area contributed by atoms with Gasteiger partial charge in [0.15, 0.2) is 0 Å². The quantitative estimate of drug-likeness (QED) is 0.156. The average Bonchev–Trinajstić information content (AvgIpc) is 3.82. The van der Waals surface area contributed by atoms with Crippen molar-refractivity contribution in [3.8, 4) is 50.6 Å². The summed E-state index contributed by atoms with van der Waals surface area (Å²) in [5.41, 5.74) is 12.9. The zero-order valence-corrected chi connectivity index (χ0v) is 32.5. The Bertz CT molecular complexity index is 2750. The van der Waals surface area contributed by atoms with Gasteiger partial charge in [-0.15, -0.1) is 35.9 Å². The predicted molar refractivity (Wildman–Crippen MR) is 218 cm³/mol. The molecule has 0 N–H and O–H groups in total. The number of pyridine rings is 1. The first-order valence-corrected chi connectivity index (χ1v) is 17.6. The van der Waals surface area contributed by atoms with Gasteiger partial charge in [-0.3, -0.25) is 4.98 Å². The van der Waals surface area contributed by atoms with Crippen LogP contribution in [0.2, 0.25) is 0 Å². The maximum atomic E-state index is 8.65. The van der Waals surface area contributed by atoms with Crippen LogP contribution in [0.4, 0.5) is 0 Å². The third-order valence-electron chi connectivity index (χ3n) is 9.27. The molecular formula is C49H39IrN3O-2. The molecule has 0 saturated carbocycles. The molecule has 9 rings (SSSR count). The van der Waals surface area contributed by atoms with Crippen molar-refractivity contribution in [3.05, 3.63) is 187 Å². The molecule has 0 aliphatic carbocycles. The predicted octanol–water partition coefficient (Wildman–Crippen LogP) is 12.9. The van der Waals surface area contributed by atoms with Gasteiger partial charge < -0.3 is 14.0 Å². The van der Waals surface area contributed by atoms with Crippen molar-refractivity contribution >= 4 is 22.0 Å². The average molecular weight is 882 g/mol. The Balaban J connectivity index is 0.000000254. The molecular weight excluding hydrogens is 839 g/mol. The molecule has 4 nitrogen and oxygen atoms in total. The van der Waals surface area contributed by atoms with Crippen molar-refractivity contribution in [2.45, 2.75) is 33.5 Å². The number of hydrogen-bond donors (Lipinski definition) is 0. The van der Waals surface area contributed by atoms with E-state index in [1.54, 1.807) is 18.2 Å². The van der Waals surface area contributed by atoms with Crippen LogP contribution in [-0.2, 0) is 20.1 Å². The summed E-state index contributed by atoms with van der Waals surface area (Å²) in [6.07, 6.45) is 4.58. The van der Waals surface area contributed by atoms with Gasteiger partial charge in [0.25, 0.3) is 0 Å². The standard InChI is InChI=1S/C37H29N2O.C12H10N.Ir/c1-24(2)28-18-19-35-31(22-28)32(23-40-35)37-38-33-16-10-11-17-34(33)39(37)36-29(26-12-6-4-7-13-26)20-25(3)21-30(36)27-14-8-5-9-15-27;1-10-7-8-12(13-9-10)11-5-3-2-4-6-11;/h4-22,24H,1-3H3;2-5,7-9H,1H3;/q2*-1;/i24D;1D3;. The van der Waals surface area contributed by atoms with E-state index in [2.05, 4.69) is 108 Å². The summed E-state index contributed by atoms with van der Waals surface area (Å²) in [6, 6.07) is 53.5. The molecule has 9 aromatic rings. The second-order valence-electron chi connectivity index (χ2n) is 13.2. The number of para-hydroxylation sites is 2. The maximum Gasteiger partial charge on any atom is 0.0774 e. The largest absolute Gasteiger partial charge is 0.557 e. The SMILES string of the molecule is [2H]C(C)(C)c1ccc2o[c-]c(-c3nc4ccccc4n3-c3c(-c4ccccc4)cc(C)cc3-c3ccccc3)c2c1.[2H]C([2H])([2H])c1ccc(-c2[c-]cccc2)nc1.[Ir]. The molecule has 0 bridgehead atoms. The minimum absolute atomic E-state index is 0. The fraction of sp³-hybridized carbons (Fsp3) is 0.102. The zero-order chi connectivity index (χ0) is 39.7. The first-order valence-electron chi connectivity index (χ1n) is 19.6. The van der Waals surface area contributed by atoms with Crippen molar-refractivity contribution in [2.24, 2.45) is 0 Å². The maximum absolute atomic E-state index is 8.65. The number of hydrogen-bond acceptors (Lipinski definition) is 3. The Morgan fingerprint density at radius 2 is 1.43 bits per heavy atom. The Morgan fingerprint density at radius 1 is 0.741 bits per heavy atom. The van der Waals surface area contributed by atoms with E-state index < -0.39 is 12.7 Å². The summed E-state index contributed by atoms with van der Waals surface area (Å²) in [5, 5.41) is 0.897. The van der Waals surface area contributed by atoms with Gasteiger partial charge in [-0.25, -0.2) is 0 Å². The molecule has 0 amide bonds. The number of furan rings is 1. The summed E-state index contributed by atoms with van der Waals surface area (Å²) in [7, 11) is 0. The molecule has 5 heteroatoms. The van der Waals surface area contributed by atoms with Crippen LogP contribution in [-0.4, -0.2) is 14.5 Å². The fourth-order valence-electron chi connectivity index (χ4n) is 6.67. The van der Waals surface area contributed by atoms with Crippen molar-refractivity contribution in [2.75, 3.05) is 0 Å². The molecule has 0 unspecified atom stereocenters. The second-order valence-corrected chi connectivity index (χ2v) is 13.2. The van der Waals surface area contributed by atoms with Crippen molar-refractivity contribution in [1.29, 1.82) is 0 Å². The molecule has 0 aliphatic heterocycles. The molecule has 3 heterocycles. The van der Waals surface area contributed by atoms with Crippen LogP contribution in [0.3, 0.4) is 0 Å². The second kappa shape index (κ2) is 16.0. The van der Waals surface area contributed by atoms with E-state index in [-0.39, 0.29) is 25.7 Å². The number of fused-ring (bicyclic) bond motifs is 2. The molecule has 0 spiro atoms. The van der Waals surface area contributed by atoms with Crippen LogP contribution in [0.1, 0.15) is 41.9 Å². The molecule has 0 atom stereocenters. The Hall–Kier alpha value is -5.87. The topological polar surface area (TPSA) is 43.9 Å². The van der Waals surface area contributed by atoms with Gasteiger partial charge in [0, 0.05) is 54.8 Å². The third-order valence-corrected chi connectivity index (χ3v) is 9.27. The minimum Gasteiger partial charge on any atom is -0.557 e. The minimum atomic E-state index is -2.09. The molecule has 6 aromatic carbocycles. The van der Waals surface area contributed by atoms with Crippen LogP contribution < -0.4 is 0 Å². The Labute approximate surface area is 336 Å². The van der Waals surface area contributed by atoms with E-state index in [1.807, 2.05) is 68.4 Å². The van der Waals surface area contributed by atoms with Crippen LogP contribution in [0, 0.1) is 26.1 Å². The van der Waals surface area contributed by atoms with E-state index in [0.717, 1.165) is 78.2 Å². The number of imidazole rings is 1. The number of nitrogens with zero attached hydrogens (tertiary/aromatic N) is 3. The van der Waals surface area contributed by atoms with Gasteiger partial charge in [0.05, 0.1) is 22.5 Å². The summed E-state index contributed by atoms with van der Waals surface area (Å²) in [6.45, 7) is 3.86. The molecule has 0 fully saturated rings. The molecule has 54 heavy (non-hydrogen) atoms. The van der Waals surface area contributed by atoms with Crippen LogP contribution in [0.15, 0.2) is 162 Å². The molecule has 3 aromatic heterocycles. The van der Waals surface area contributed by atoms with Gasteiger partial charge >= 0.3 is 0 Å². The van der Waals surface area contributed by atoms with Gasteiger partial charge in [-0.1, -0.05) is 133 Å². The van der Waals surface area contributed by atoms with E-state index in [1.165, 1.54) is 11.8 Å². The van der Waals surface area contributed by atoms with E-state index in [0.29, 0.717) is 0 Å². The summed E-state index contributed by atoms with van der Waals surface area (Å²) in [5.74, 6) is 0.00365. The van der Waals surface area contributed by atoms with E-state index in [4.69, 9.17) is 14.9 Å². The van der Waals surface area contributed by atoms with Gasteiger partial charge in [0.2, 0.25) is 0 Å². The smallest absolute Gasteiger partial charge is 0.0774 e. The summed E-state index contributed by atoms with van der Waals surface area (Å²) < 4.78 is 38.6. The summed E-state index contributed by atoms with van der Waals surface area (Å²) in [4.78, 5) is 9.31. The number of aromatic nitrogens is 3. The van der Waals surface area contributed by atoms with Crippen molar-refractivity contribution in [1.82, 2.24) is 14.5 Å². The molecule has 1 radical (unpaired) electrons. The van der Waals surface area contributed by atoms with E-state index >= 15 is 0 Å². The molecule has 267 valence electrons. The first-order chi connectivity index (χ1) is 27.5. The number of aryl methyl sites for hydroxylation is 2. The van der Waals surface area contributed by atoms with Crippen molar-refractivity contribution in [3.63, 3.8) is 0 Å². The monoisotopic (exact) mass is 882 g/mol. The Morgan fingerprint density at radius 3 is 2.06 bits per heavy atom. The van der Waals surface area contributed by atoms with Crippen LogP contribution in [0.5, 0.6) is 0 Å².